The molecule has 9 rings (SSSR count). The topological polar surface area (TPSA) is 8.17 Å². The number of aromatic nitrogens is 1. The number of fused-ring (bicyclic) bond motifs is 6. The lowest BCUT2D eigenvalue weighted by Gasteiger charge is -2.28. The first-order valence-electron chi connectivity index (χ1n) is 15.3. The second-order valence-electron chi connectivity index (χ2n) is 11.4. The van der Waals surface area contributed by atoms with Crippen molar-refractivity contribution in [2.24, 2.45) is 0 Å². The van der Waals surface area contributed by atoms with Gasteiger partial charge in [-0.1, -0.05) is 109 Å². The van der Waals surface area contributed by atoms with Gasteiger partial charge in [-0.25, -0.2) is 0 Å². The highest BCUT2D eigenvalue weighted by molar-refractivity contribution is 7.25. The summed E-state index contributed by atoms with van der Waals surface area (Å²) in [5, 5.41) is 5.08. The lowest BCUT2D eigenvalue weighted by Crippen LogP contribution is -2.11. The van der Waals surface area contributed by atoms with Gasteiger partial charge >= 0.3 is 0 Å². The van der Waals surface area contributed by atoms with E-state index in [0.29, 0.717) is 0 Å². The smallest absolute Gasteiger partial charge is 0.0788 e. The third-order valence-corrected chi connectivity index (χ3v) is 9.92. The van der Waals surface area contributed by atoms with Crippen LogP contribution in [0.2, 0.25) is 0 Å². The standard InChI is InChI=1S/C42H28N2S/c1-4-14-29(15-5-1)33-25-26-38(42-41(33)35-21-10-12-22-37(35)44(42)31-18-8-3-9-19-31)43(30-16-6-2-7-17-30)32-24-27-40-36(28-32)34-20-11-13-23-39(34)45-40/h1-28H. The molecule has 3 heteroatoms. The number of thiophene rings is 1. The van der Waals surface area contributed by atoms with E-state index in [9.17, 15) is 0 Å². The summed E-state index contributed by atoms with van der Waals surface area (Å²) in [6, 6.07) is 61.4. The normalized spacial score (nSPS) is 11.6. The Labute approximate surface area is 265 Å². The number of nitrogens with zero attached hydrogens (tertiary/aromatic N) is 2. The predicted octanol–water partition coefficient (Wildman–Crippen LogP) is 12.3. The quantitative estimate of drug-likeness (QED) is 0.193. The third kappa shape index (κ3) is 4.16. The molecule has 0 N–H and O–H groups in total. The summed E-state index contributed by atoms with van der Waals surface area (Å²) in [5.41, 5.74) is 9.34. The fraction of sp³-hybridized carbons (Fsp3) is 0. The highest BCUT2D eigenvalue weighted by atomic mass is 32.1. The molecule has 7 aromatic carbocycles. The second-order valence-corrected chi connectivity index (χ2v) is 12.4. The van der Waals surface area contributed by atoms with Crippen LogP contribution in [0.4, 0.5) is 17.1 Å². The molecule has 0 atom stereocenters. The van der Waals surface area contributed by atoms with Gasteiger partial charge in [-0.3, -0.25) is 0 Å². The average molecular weight is 593 g/mol. The van der Waals surface area contributed by atoms with E-state index in [1.807, 2.05) is 11.3 Å². The van der Waals surface area contributed by atoms with Gasteiger partial charge in [0.1, 0.15) is 0 Å². The molecule has 0 aliphatic carbocycles. The maximum absolute atomic E-state index is 2.45. The van der Waals surface area contributed by atoms with E-state index < -0.39 is 0 Å². The highest BCUT2D eigenvalue weighted by Crippen LogP contribution is 2.47. The van der Waals surface area contributed by atoms with Crippen molar-refractivity contribution >= 4 is 70.4 Å². The molecule has 2 heterocycles. The van der Waals surface area contributed by atoms with Crippen LogP contribution in [0.25, 0.3) is 58.8 Å². The molecule has 2 aromatic heterocycles. The highest BCUT2D eigenvalue weighted by Gasteiger charge is 2.24. The van der Waals surface area contributed by atoms with Gasteiger partial charge in [0.25, 0.3) is 0 Å². The molecule has 0 bridgehead atoms. The Balaban J connectivity index is 1.43. The minimum atomic E-state index is 1.12. The van der Waals surface area contributed by atoms with Crippen LogP contribution in [0.15, 0.2) is 170 Å². The summed E-state index contributed by atoms with van der Waals surface area (Å²) in [4.78, 5) is 2.43. The number of para-hydroxylation sites is 3. The van der Waals surface area contributed by atoms with E-state index in [-0.39, 0.29) is 0 Å². The van der Waals surface area contributed by atoms with E-state index in [4.69, 9.17) is 0 Å². The summed E-state index contributed by atoms with van der Waals surface area (Å²) in [6.45, 7) is 0. The number of benzene rings is 7. The molecule has 0 aliphatic rings. The minimum Gasteiger partial charge on any atom is -0.308 e. The maximum atomic E-state index is 2.45. The molecule has 0 unspecified atom stereocenters. The Kier molecular flexibility index (Phi) is 6.03. The molecule has 0 amide bonds. The summed E-state index contributed by atoms with van der Waals surface area (Å²) in [7, 11) is 0. The molecule has 0 fully saturated rings. The van der Waals surface area contributed by atoms with Crippen LogP contribution < -0.4 is 4.90 Å². The minimum absolute atomic E-state index is 1.12. The van der Waals surface area contributed by atoms with Crippen LogP contribution in [0.5, 0.6) is 0 Å². The fourth-order valence-corrected chi connectivity index (χ4v) is 7.91. The van der Waals surface area contributed by atoms with Crippen molar-refractivity contribution in [2.75, 3.05) is 4.90 Å². The van der Waals surface area contributed by atoms with Crippen LogP contribution in [0.1, 0.15) is 0 Å². The number of rotatable bonds is 5. The predicted molar refractivity (Wildman–Crippen MR) is 194 cm³/mol. The number of anilines is 3. The molecule has 45 heavy (non-hydrogen) atoms. The first-order valence-corrected chi connectivity index (χ1v) is 16.1. The van der Waals surface area contributed by atoms with Crippen LogP contribution in [0.3, 0.4) is 0 Å². The third-order valence-electron chi connectivity index (χ3n) is 8.77. The molecule has 0 radical (unpaired) electrons. The Bertz CT molecular complexity index is 2470. The fourth-order valence-electron chi connectivity index (χ4n) is 6.82. The van der Waals surface area contributed by atoms with Crippen molar-refractivity contribution in [3.63, 3.8) is 0 Å². The Morgan fingerprint density at radius 2 is 1.11 bits per heavy atom. The van der Waals surface area contributed by atoms with Crippen molar-refractivity contribution in [2.45, 2.75) is 0 Å². The molecule has 0 saturated carbocycles. The lowest BCUT2D eigenvalue weighted by molar-refractivity contribution is 1.17. The van der Waals surface area contributed by atoms with Crippen molar-refractivity contribution in [1.29, 1.82) is 0 Å². The van der Waals surface area contributed by atoms with Gasteiger partial charge in [0.15, 0.2) is 0 Å². The molecular weight excluding hydrogens is 565 g/mol. The molecular formula is C42H28N2S. The first-order chi connectivity index (χ1) is 22.3. The summed E-state index contributed by atoms with van der Waals surface area (Å²) in [6.07, 6.45) is 0. The molecule has 9 aromatic rings. The van der Waals surface area contributed by atoms with Crippen molar-refractivity contribution < 1.29 is 0 Å². The van der Waals surface area contributed by atoms with Crippen molar-refractivity contribution in [3.8, 4) is 16.8 Å². The SMILES string of the molecule is c1ccc(-c2ccc(N(c3ccccc3)c3ccc4sc5ccccc5c4c3)c3c2c2ccccc2n3-c2ccccc2)cc1. The van der Waals surface area contributed by atoms with Gasteiger partial charge in [0, 0.05) is 48.0 Å². The summed E-state index contributed by atoms with van der Waals surface area (Å²) >= 11 is 1.86. The van der Waals surface area contributed by atoms with Crippen molar-refractivity contribution in [1.82, 2.24) is 4.57 Å². The molecule has 2 nitrogen and oxygen atoms in total. The van der Waals surface area contributed by atoms with E-state index in [2.05, 4.69) is 179 Å². The van der Waals surface area contributed by atoms with Gasteiger partial charge in [0.2, 0.25) is 0 Å². The first kappa shape index (κ1) is 25.8. The molecule has 0 aliphatic heterocycles. The molecule has 212 valence electrons. The largest absolute Gasteiger partial charge is 0.308 e. The zero-order chi connectivity index (χ0) is 29.7. The lowest BCUT2D eigenvalue weighted by atomic mass is 9.98. The van der Waals surface area contributed by atoms with Gasteiger partial charge in [-0.05, 0) is 71.8 Å². The van der Waals surface area contributed by atoms with E-state index in [1.165, 1.54) is 53.1 Å². The van der Waals surface area contributed by atoms with Crippen LogP contribution >= 0.6 is 11.3 Å². The van der Waals surface area contributed by atoms with Crippen molar-refractivity contribution in [3.05, 3.63) is 170 Å². The van der Waals surface area contributed by atoms with Gasteiger partial charge in [0.05, 0.1) is 16.7 Å². The number of hydrogen-bond donors (Lipinski definition) is 0. The number of hydrogen-bond acceptors (Lipinski definition) is 2. The summed E-state index contributed by atoms with van der Waals surface area (Å²) < 4.78 is 5.06. The van der Waals surface area contributed by atoms with E-state index in [1.54, 1.807) is 0 Å². The van der Waals surface area contributed by atoms with Gasteiger partial charge < -0.3 is 9.47 Å². The Morgan fingerprint density at radius 3 is 1.91 bits per heavy atom. The Morgan fingerprint density at radius 1 is 0.467 bits per heavy atom. The summed E-state index contributed by atoms with van der Waals surface area (Å²) in [5.74, 6) is 0. The zero-order valence-corrected chi connectivity index (χ0v) is 25.3. The Hall–Kier alpha value is -5.64. The molecule has 0 saturated heterocycles. The zero-order valence-electron chi connectivity index (χ0n) is 24.5. The monoisotopic (exact) mass is 592 g/mol. The van der Waals surface area contributed by atoms with Crippen LogP contribution in [-0.4, -0.2) is 4.57 Å². The van der Waals surface area contributed by atoms with E-state index in [0.717, 1.165) is 22.7 Å². The maximum Gasteiger partial charge on any atom is 0.0788 e. The second kappa shape index (κ2) is 10.5. The molecule has 0 spiro atoms. The van der Waals surface area contributed by atoms with Gasteiger partial charge in [-0.2, -0.15) is 0 Å². The van der Waals surface area contributed by atoms with Crippen LogP contribution in [-0.2, 0) is 0 Å². The van der Waals surface area contributed by atoms with Crippen LogP contribution in [0, 0.1) is 0 Å². The van der Waals surface area contributed by atoms with E-state index >= 15 is 0 Å². The average Bonchev–Trinajstić information content (AvgIpc) is 3.66. The van der Waals surface area contributed by atoms with Gasteiger partial charge in [-0.15, -0.1) is 11.3 Å².